The lowest BCUT2D eigenvalue weighted by Crippen LogP contribution is -2.19. The van der Waals surface area contributed by atoms with Crippen LogP contribution in [-0.2, 0) is 6.54 Å². The number of nitrogens with zero attached hydrogens (tertiary/aromatic N) is 3. The van der Waals surface area contributed by atoms with Crippen molar-refractivity contribution in [2.24, 2.45) is 0 Å². The van der Waals surface area contributed by atoms with Crippen molar-refractivity contribution >= 4 is 0 Å². The molecule has 0 saturated carbocycles. The molecule has 0 amide bonds. The first-order valence-electron chi connectivity index (χ1n) is 6.25. The zero-order valence-corrected chi connectivity index (χ0v) is 11.0. The van der Waals surface area contributed by atoms with Crippen molar-refractivity contribution < 1.29 is 4.42 Å². The summed E-state index contributed by atoms with van der Waals surface area (Å²) >= 11 is 0. The molecule has 20 heavy (non-hydrogen) atoms. The van der Waals surface area contributed by atoms with Gasteiger partial charge in [0.2, 0.25) is 12.3 Å². The first-order valence-corrected chi connectivity index (χ1v) is 6.25. The van der Waals surface area contributed by atoms with Gasteiger partial charge in [-0.2, -0.15) is 0 Å². The maximum absolute atomic E-state index is 11.9. The maximum Gasteiger partial charge on any atom is 0.250 e. The van der Waals surface area contributed by atoms with Crippen molar-refractivity contribution in [3.63, 3.8) is 0 Å². The van der Waals surface area contributed by atoms with Crippen LogP contribution in [0, 0.1) is 6.92 Å². The van der Waals surface area contributed by atoms with Crippen LogP contribution in [-0.4, -0.2) is 14.8 Å². The summed E-state index contributed by atoms with van der Waals surface area (Å²) in [6, 6.07) is 11.3. The van der Waals surface area contributed by atoms with Gasteiger partial charge >= 0.3 is 0 Å². The van der Waals surface area contributed by atoms with Gasteiger partial charge in [0.1, 0.15) is 0 Å². The lowest BCUT2D eigenvalue weighted by molar-refractivity contribution is 0.567. The summed E-state index contributed by atoms with van der Waals surface area (Å²) < 4.78 is 6.77. The normalized spacial score (nSPS) is 10.7. The van der Waals surface area contributed by atoms with E-state index in [1.165, 1.54) is 18.0 Å². The summed E-state index contributed by atoms with van der Waals surface area (Å²) in [5.41, 5.74) is 2.93. The molecule has 0 spiro atoms. The standard InChI is InChI=1S/C15H13N3O2/c1-11-2-4-12(5-3-11)8-18-9-13(6-7-14(18)19)15-17-16-10-20-15/h2-7,9-10H,8H2,1H3. The largest absolute Gasteiger partial charge is 0.423 e. The minimum Gasteiger partial charge on any atom is -0.423 e. The van der Waals surface area contributed by atoms with Gasteiger partial charge in [0.25, 0.3) is 5.56 Å². The molecule has 0 aliphatic heterocycles. The van der Waals surface area contributed by atoms with Crippen molar-refractivity contribution in [1.29, 1.82) is 0 Å². The van der Waals surface area contributed by atoms with Crippen LogP contribution in [0.4, 0.5) is 0 Å². The van der Waals surface area contributed by atoms with Crippen LogP contribution in [0.3, 0.4) is 0 Å². The van der Waals surface area contributed by atoms with Crippen molar-refractivity contribution in [2.45, 2.75) is 13.5 Å². The highest BCUT2D eigenvalue weighted by Crippen LogP contribution is 2.14. The Labute approximate surface area is 115 Å². The Morgan fingerprint density at radius 1 is 1.15 bits per heavy atom. The molecule has 3 rings (SSSR count). The fourth-order valence-corrected chi connectivity index (χ4v) is 1.97. The molecule has 1 aromatic carbocycles. The number of hydrogen-bond acceptors (Lipinski definition) is 4. The molecule has 0 fully saturated rings. The first-order chi connectivity index (χ1) is 9.72. The fourth-order valence-electron chi connectivity index (χ4n) is 1.97. The molecule has 0 radical (unpaired) electrons. The van der Waals surface area contributed by atoms with Crippen molar-refractivity contribution in [2.75, 3.05) is 0 Å². The lowest BCUT2D eigenvalue weighted by Gasteiger charge is -2.07. The minimum absolute atomic E-state index is 0.0613. The Bertz CT molecular complexity index is 759. The molecule has 5 heteroatoms. The molecule has 0 saturated heterocycles. The summed E-state index contributed by atoms with van der Waals surface area (Å²) in [5.74, 6) is 0.405. The molecule has 0 aliphatic rings. The van der Waals surface area contributed by atoms with Crippen LogP contribution in [0.25, 0.3) is 11.5 Å². The summed E-state index contributed by atoms with van der Waals surface area (Å²) in [5, 5.41) is 7.48. The van der Waals surface area contributed by atoms with Crippen molar-refractivity contribution in [3.05, 3.63) is 70.5 Å². The fraction of sp³-hybridized carbons (Fsp3) is 0.133. The lowest BCUT2D eigenvalue weighted by atomic mass is 10.1. The highest BCUT2D eigenvalue weighted by Gasteiger charge is 2.06. The van der Waals surface area contributed by atoms with Gasteiger partial charge in [0.15, 0.2) is 0 Å². The quantitative estimate of drug-likeness (QED) is 0.730. The average molecular weight is 267 g/mol. The number of hydrogen-bond donors (Lipinski definition) is 0. The second kappa shape index (κ2) is 5.13. The third-order valence-corrected chi connectivity index (χ3v) is 3.06. The molecule has 0 aliphatic carbocycles. The Balaban J connectivity index is 1.95. The van der Waals surface area contributed by atoms with Crippen LogP contribution in [0.1, 0.15) is 11.1 Å². The summed E-state index contributed by atoms with van der Waals surface area (Å²) in [6.07, 6.45) is 3.00. The molecule has 0 atom stereocenters. The average Bonchev–Trinajstić information content (AvgIpc) is 2.98. The zero-order valence-electron chi connectivity index (χ0n) is 11.0. The summed E-state index contributed by atoms with van der Waals surface area (Å²) in [4.78, 5) is 11.9. The second-order valence-electron chi connectivity index (χ2n) is 4.61. The van der Waals surface area contributed by atoms with E-state index in [-0.39, 0.29) is 5.56 Å². The molecular weight excluding hydrogens is 254 g/mol. The van der Waals surface area contributed by atoms with E-state index >= 15 is 0 Å². The van der Waals surface area contributed by atoms with Crippen LogP contribution in [0.15, 0.2) is 58.2 Å². The molecule has 0 bridgehead atoms. The number of aromatic nitrogens is 3. The molecule has 2 heterocycles. The van der Waals surface area contributed by atoms with E-state index in [2.05, 4.69) is 10.2 Å². The van der Waals surface area contributed by atoms with Gasteiger partial charge in [0, 0.05) is 12.3 Å². The van der Waals surface area contributed by atoms with Gasteiger partial charge in [-0.3, -0.25) is 4.79 Å². The van der Waals surface area contributed by atoms with Crippen molar-refractivity contribution in [3.8, 4) is 11.5 Å². The molecule has 2 aromatic heterocycles. The van der Waals surface area contributed by atoms with E-state index < -0.39 is 0 Å². The van der Waals surface area contributed by atoms with Crippen molar-refractivity contribution in [1.82, 2.24) is 14.8 Å². The summed E-state index contributed by atoms with van der Waals surface area (Å²) in [6.45, 7) is 2.55. The highest BCUT2D eigenvalue weighted by atomic mass is 16.4. The number of aryl methyl sites for hydroxylation is 1. The third kappa shape index (κ3) is 2.51. The number of pyridine rings is 1. The molecule has 100 valence electrons. The van der Waals surface area contributed by atoms with E-state index in [1.54, 1.807) is 16.8 Å². The van der Waals surface area contributed by atoms with Gasteiger partial charge in [0.05, 0.1) is 12.1 Å². The second-order valence-corrected chi connectivity index (χ2v) is 4.61. The predicted octanol–water partition coefficient (Wildman–Crippen LogP) is 2.26. The summed E-state index contributed by atoms with van der Waals surface area (Å²) in [7, 11) is 0. The topological polar surface area (TPSA) is 60.9 Å². The molecule has 0 N–H and O–H groups in total. The minimum atomic E-state index is -0.0613. The van der Waals surface area contributed by atoms with E-state index in [1.807, 2.05) is 31.2 Å². The highest BCUT2D eigenvalue weighted by molar-refractivity contribution is 5.50. The van der Waals surface area contributed by atoms with E-state index in [0.29, 0.717) is 12.4 Å². The Kier molecular flexibility index (Phi) is 3.16. The predicted molar refractivity (Wildman–Crippen MR) is 74.3 cm³/mol. The number of benzene rings is 1. The number of rotatable bonds is 3. The van der Waals surface area contributed by atoms with Gasteiger partial charge in [-0.05, 0) is 18.6 Å². The first kappa shape index (κ1) is 12.3. The molecule has 3 aromatic rings. The van der Waals surface area contributed by atoms with Gasteiger partial charge in [-0.1, -0.05) is 29.8 Å². The maximum atomic E-state index is 11.9. The zero-order chi connectivity index (χ0) is 13.9. The van der Waals surface area contributed by atoms with Crippen LogP contribution in [0.2, 0.25) is 0 Å². The van der Waals surface area contributed by atoms with Crippen LogP contribution >= 0.6 is 0 Å². The van der Waals surface area contributed by atoms with Crippen LogP contribution in [0.5, 0.6) is 0 Å². The monoisotopic (exact) mass is 267 g/mol. The third-order valence-electron chi connectivity index (χ3n) is 3.06. The SMILES string of the molecule is Cc1ccc(Cn2cc(-c3nnco3)ccc2=O)cc1. The van der Waals surface area contributed by atoms with Gasteiger partial charge < -0.3 is 8.98 Å². The van der Waals surface area contributed by atoms with E-state index in [9.17, 15) is 4.79 Å². The molecular formula is C15H13N3O2. The Hall–Kier alpha value is -2.69. The molecule has 5 nitrogen and oxygen atoms in total. The van der Waals surface area contributed by atoms with Gasteiger partial charge in [-0.15, -0.1) is 10.2 Å². The van der Waals surface area contributed by atoms with E-state index in [0.717, 1.165) is 11.1 Å². The Morgan fingerprint density at radius 2 is 1.95 bits per heavy atom. The smallest absolute Gasteiger partial charge is 0.250 e. The Morgan fingerprint density at radius 3 is 2.65 bits per heavy atom. The molecule has 0 unspecified atom stereocenters. The van der Waals surface area contributed by atoms with E-state index in [4.69, 9.17) is 4.42 Å². The van der Waals surface area contributed by atoms with Crippen LogP contribution < -0.4 is 5.56 Å². The van der Waals surface area contributed by atoms with Gasteiger partial charge in [-0.25, -0.2) is 0 Å².